The molecular formula is C10H9N3O2S. The van der Waals surface area contributed by atoms with Gasteiger partial charge in [-0.2, -0.15) is 0 Å². The van der Waals surface area contributed by atoms with E-state index in [1.165, 1.54) is 23.5 Å². The summed E-state index contributed by atoms with van der Waals surface area (Å²) in [6.07, 6.45) is 0. The Morgan fingerprint density at radius 2 is 2.00 bits per heavy atom. The molecule has 0 bridgehead atoms. The number of aryl methyl sites for hydroxylation is 1. The van der Waals surface area contributed by atoms with Crippen molar-refractivity contribution in [2.75, 3.05) is 5.73 Å². The molecule has 1 heterocycles. The van der Waals surface area contributed by atoms with E-state index in [9.17, 15) is 10.1 Å². The second-order valence-corrected chi connectivity index (χ2v) is 4.30. The van der Waals surface area contributed by atoms with Crippen LogP contribution < -0.4 is 5.73 Å². The second kappa shape index (κ2) is 3.90. The molecule has 0 spiro atoms. The van der Waals surface area contributed by atoms with Gasteiger partial charge in [0.05, 0.1) is 15.5 Å². The van der Waals surface area contributed by atoms with Crippen molar-refractivity contribution < 1.29 is 4.92 Å². The number of hydrogen-bond donors (Lipinski definition) is 1. The molecule has 5 nitrogen and oxygen atoms in total. The van der Waals surface area contributed by atoms with Crippen molar-refractivity contribution in [3.05, 3.63) is 40.1 Å². The van der Waals surface area contributed by atoms with E-state index in [2.05, 4.69) is 4.98 Å². The van der Waals surface area contributed by atoms with Gasteiger partial charge in [-0.1, -0.05) is 11.3 Å². The molecular weight excluding hydrogens is 226 g/mol. The number of nitrogen functional groups attached to an aromatic ring is 1. The normalized spacial score (nSPS) is 10.3. The minimum absolute atomic E-state index is 0.0823. The second-order valence-electron chi connectivity index (χ2n) is 3.27. The Bertz CT molecular complexity index is 533. The van der Waals surface area contributed by atoms with Crippen LogP contribution in [0.3, 0.4) is 0 Å². The van der Waals surface area contributed by atoms with Crippen LogP contribution in [-0.2, 0) is 0 Å². The van der Waals surface area contributed by atoms with Crippen LogP contribution in [0.1, 0.15) is 5.69 Å². The number of nitro groups is 1. The average Bonchev–Trinajstić information content (AvgIpc) is 2.58. The first-order chi connectivity index (χ1) is 7.58. The highest BCUT2D eigenvalue weighted by Crippen LogP contribution is 2.31. The third-order valence-electron chi connectivity index (χ3n) is 2.15. The monoisotopic (exact) mass is 235 g/mol. The lowest BCUT2D eigenvalue weighted by Crippen LogP contribution is -1.87. The van der Waals surface area contributed by atoms with Gasteiger partial charge in [0.2, 0.25) is 0 Å². The fourth-order valence-electron chi connectivity index (χ4n) is 1.42. The maximum absolute atomic E-state index is 10.5. The molecule has 6 heteroatoms. The zero-order valence-electron chi connectivity index (χ0n) is 8.51. The van der Waals surface area contributed by atoms with Crippen LogP contribution in [0.25, 0.3) is 10.4 Å². The van der Waals surface area contributed by atoms with E-state index in [0.717, 1.165) is 16.1 Å². The summed E-state index contributed by atoms with van der Waals surface area (Å²) in [5.74, 6) is 0. The van der Waals surface area contributed by atoms with Gasteiger partial charge in [-0.05, 0) is 24.6 Å². The molecule has 2 rings (SSSR count). The van der Waals surface area contributed by atoms with Gasteiger partial charge in [0.1, 0.15) is 0 Å². The van der Waals surface area contributed by atoms with Crippen LogP contribution >= 0.6 is 11.3 Å². The molecule has 0 saturated carbocycles. The summed E-state index contributed by atoms with van der Waals surface area (Å²) in [7, 11) is 0. The number of benzene rings is 1. The Balaban J connectivity index is 2.42. The summed E-state index contributed by atoms with van der Waals surface area (Å²) >= 11 is 1.38. The van der Waals surface area contributed by atoms with Crippen molar-refractivity contribution in [1.82, 2.24) is 4.98 Å². The lowest BCUT2D eigenvalue weighted by Gasteiger charge is -1.97. The SMILES string of the molecule is Cc1nc(N)sc1-c1ccc([N+](=O)[O-])cc1. The van der Waals surface area contributed by atoms with Crippen LogP contribution in [0.5, 0.6) is 0 Å². The number of rotatable bonds is 2. The van der Waals surface area contributed by atoms with Gasteiger partial charge in [-0.3, -0.25) is 10.1 Å². The summed E-state index contributed by atoms with van der Waals surface area (Å²) in [5.41, 5.74) is 7.42. The fourth-order valence-corrected chi connectivity index (χ4v) is 2.26. The molecule has 0 amide bonds. The quantitative estimate of drug-likeness (QED) is 0.640. The van der Waals surface area contributed by atoms with E-state index >= 15 is 0 Å². The van der Waals surface area contributed by atoms with Crippen molar-refractivity contribution in [3.8, 4) is 10.4 Å². The Hall–Kier alpha value is -1.95. The minimum atomic E-state index is -0.419. The van der Waals surface area contributed by atoms with E-state index in [-0.39, 0.29) is 5.69 Å². The van der Waals surface area contributed by atoms with E-state index in [0.29, 0.717) is 5.13 Å². The molecule has 2 N–H and O–H groups in total. The van der Waals surface area contributed by atoms with Crippen molar-refractivity contribution in [2.45, 2.75) is 6.92 Å². The van der Waals surface area contributed by atoms with Crippen LogP contribution in [0.15, 0.2) is 24.3 Å². The van der Waals surface area contributed by atoms with Crippen molar-refractivity contribution >= 4 is 22.2 Å². The molecule has 0 aliphatic rings. The number of hydrogen-bond acceptors (Lipinski definition) is 5. The number of non-ortho nitro benzene ring substituents is 1. The molecule has 1 aromatic carbocycles. The van der Waals surface area contributed by atoms with Gasteiger partial charge in [0, 0.05) is 12.1 Å². The Morgan fingerprint density at radius 1 is 1.38 bits per heavy atom. The first-order valence-electron chi connectivity index (χ1n) is 4.55. The zero-order valence-corrected chi connectivity index (χ0v) is 9.32. The van der Waals surface area contributed by atoms with Crippen LogP contribution in [0.4, 0.5) is 10.8 Å². The molecule has 0 aliphatic carbocycles. The molecule has 16 heavy (non-hydrogen) atoms. The van der Waals surface area contributed by atoms with Crippen LogP contribution in [-0.4, -0.2) is 9.91 Å². The highest BCUT2D eigenvalue weighted by atomic mass is 32.1. The van der Waals surface area contributed by atoms with E-state index in [4.69, 9.17) is 5.73 Å². The maximum atomic E-state index is 10.5. The fraction of sp³-hybridized carbons (Fsp3) is 0.100. The number of thiazole rings is 1. The molecule has 0 unspecified atom stereocenters. The summed E-state index contributed by atoms with van der Waals surface area (Å²) < 4.78 is 0. The van der Waals surface area contributed by atoms with Crippen molar-refractivity contribution in [1.29, 1.82) is 0 Å². The first-order valence-corrected chi connectivity index (χ1v) is 5.37. The summed E-state index contributed by atoms with van der Waals surface area (Å²) in [6, 6.07) is 6.37. The number of aromatic nitrogens is 1. The summed E-state index contributed by atoms with van der Waals surface area (Å²) in [5, 5.41) is 11.0. The molecule has 0 saturated heterocycles. The van der Waals surface area contributed by atoms with Gasteiger partial charge >= 0.3 is 0 Å². The Kier molecular flexibility index (Phi) is 2.57. The summed E-state index contributed by atoms with van der Waals surface area (Å²) in [6.45, 7) is 1.86. The maximum Gasteiger partial charge on any atom is 0.269 e. The molecule has 82 valence electrons. The Labute approximate surface area is 95.7 Å². The van der Waals surface area contributed by atoms with Crippen LogP contribution in [0.2, 0.25) is 0 Å². The van der Waals surface area contributed by atoms with Gasteiger partial charge in [-0.25, -0.2) is 4.98 Å². The predicted molar refractivity (Wildman–Crippen MR) is 63.4 cm³/mol. The summed E-state index contributed by atoms with van der Waals surface area (Å²) in [4.78, 5) is 15.1. The first kappa shape index (κ1) is 10.6. The molecule has 0 fully saturated rings. The molecule has 1 aromatic heterocycles. The van der Waals surface area contributed by atoms with Crippen molar-refractivity contribution in [3.63, 3.8) is 0 Å². The van der Waals surface area contributed by atoms with Gasteiger partial charge < -0.3 is 5.73 Å². The third kappa shape index (κ3) is 1.87. The minimum Gasteiger partial charge on any atom is -0.375 e. The van der Waals surface area contributed by atoms with E-state index < -0.39 is 4.92 Å². The molecule has 0 aliphatic heterocycles. The molecule has 2 aromatic rings. The predicted octanol–water partition coefficient (Wildman–Crippen LogP) is 2.61. The number of nitrogens with two attached hydrogens (primary N) is 1. The number of anilines is 1. The van der Waals surface area contributed by atoms with Gasteiger partial charge in [0.25, 0.3) is 5.69 Å². The van der Waals surface area contributed by atoms with Crippen LogP contribution in [0, 0.1) is 17.0 Å². The average molecular weight is 235 g/mol. The van der Waals surface area contributed by atoms with Crippen molar-refractivity contribution in [2.24, 2.45) is 0 Å². The van der Waals surface area contributed by atoms with Gasteiger partial charge in [-0.15, -0.1) is 0 Å². The smallest absolute Gasteiger partial charge is 0.269 e. The van der Waals surface area contributed by atoms with Gasteiger partial charge in [0.15, 0.2) is 5.13 Å². The molecule has 0 atom stereocenters. The number of nitro benzene ring substituents is 1. The Morgan fingerprint density at radius 3 is 2.44 bits per heavy atom. The topological polar surface area (TPSA) is 82.0 Å². The zero-order chi connectivity index (χ0) is 11.7. The highest BCUT2D eigenvalue weighted by Gasteiger charge is 2.10. The largest absolute Gasteiger partial charge is 0.375 e. The lowest BCUT2D eigenvalue weighted by atomic mass is 10.1. The van der Waals surface area contributed by atoms with E-state index in [1.54, 1.807) is 12.1 Å². The number of nitrogens with zero attached hydrogens (tertiary/aromatic N) is 2. The third-order valence-corrected chi connectivity index (χ3v) is 3.19. The standard InChI is InChI=1S/C10H9N3O2S/c1-6-9(16-10(11)12-6)7-2-4-8(5-3-7)13(14)15/h2-5H,1H3,(H2,11,12). The highest BCUT2D eigenvalue weighted by molar-refractivity contribution is 7.18. The van der Waals surface area contributed by atoms with E-state index in [1.807, 2.05) is 6.92 Å². The molecule has 0 radical (unpaired) electrons. The lowest BCUT2D eigenvalue weighted by molar-refractivity contribution is -0.384.